The van der Waals surface area contributed by atoms with E-state index in [1.165, 1.54) is 3.80 Å². The first-order valence-corrected chi connectivity index (χ1v) is 17.0. The van der Waals surface area contributed by atoms with Crippen LogP contribution in [0.5, 0.6) is 0 Å². The Balaban J connectivity index is 2.54. The van der Waals surface area contributed by atoms with Crippen LogP contribution in [0.25, 0.3) is 0 Å². The summed E-state index contributed by atoms with van der Waals surface area (Å²) in [7, 11) is 4.19. The van der Waals surface area contributed by atoms with E-state index >= 15 is 0 Å². The third kappa shape index (κ3) is 2.46. The van der Waals surface area contributed by atoms with Gasteiger partial charge >= 0.3 is 112 Å². The third-order valence-electron chi connectivity index (χ3n) is 2.40. The van der Waals surface area contributed by atoms with E-state index < -0.39 is 11.7 Å². The predicted molar refractivity (Wildman–Crippen MR) is 67.9 cm³/mol. The van der Waals surface area contributed by atoms with Crippen molar-refractivity contribution in [1.82, 2.24) is 12.6 Å². The summed E-state index contributed by atoms with van der Waals surface area (Å²) in [5, 5.41) is 0. The fourth-order valence-corrected chi connectivity index (χ4v) is 15.7. The number of nitrogens with zero attached hydrogens (tertiary/aromatic N) is 3. The van der Waals surface area contributed by atoms with Crippen molar-refractivity contribution in [3.63, 3.8) is 0 Å². The van der Waals surface area contributed by atoms with Crippen LogP contribution in [-0.2, 0) is 30.6 Å². The summed E-state index contributed by atoms with van der Waals surface area (Å²) in [5.74, 6) is 0. The molecule has 0 saturated carbocycles. The fraction of sp³-hybridized carbons (Fsp3) is 0.667. The van der Waals surface area contributed by atoms with Gasteiger partial charge in [0.25, 0.3) is 0 Å². The van der Waals surface area contributed by atoms with Crippen LogP contribution < -0.4 is 0 Å². The molecule has 1 aromatic heterocycles. The number of imidazole rings is 1. The van der Waals surface area contributed by atoms with Gasteiger partial charge in [-0.2, -0.15) is 0 Å². The number of ether oxygens (including phenoxy) is 1. The molecule has 97 valence electrons. The summed E-state index contributed by atoms with van der Waals surface area (Å²) < 4.78 is 13.6. The molecule has 7 heteroatoms. The van der Waals surface area contributed by atoms with Crippen molar-refractivity contribution >= 4 is 26.6 Å². The quantitative estimate of drug-likeness (QED) is 0.547. The van der Waals surface area contributed by atoms with Crippen molar-refractivity contribution in [3.8, 4) is 0 Å². The Labute approximate surface area is 111 Å². The van der Waals surface area contributed by atoms with E-state index in [1.807, 2.05) is 0 Å². The molecular formula is C9H16Br2N3OPt. The monoisotopic (exact) mass is 535 g/mol. The van der Waals surface area contributed by atoms with Crippen LogP contribution in [0.4, 0.5) is 0 Å². The molecule has 1 aliphatic rings. The van der Waals surface area contributed by atoms with Crippen molar-refractivity contribution < 1.29 is 16.5 Å². The second-order valence-corrected chi connectivity index (χ2v) is 25.9. The number of rotatable bonds is 1. The van der Waals surface area contributed by atoms with E-state index in [9.17, 15) is 0 Å². The number of aryl methyl sites for hydroxylation is 2. The van der Waals surface area contributed by atoms with Crippen molar-refractivity contribution in [2.45, 2.75) is 0 Å². The molecule has 1 saturated heterocycles. The molecule has 0 aromatic carbocycles. The van der Waals surface area contributed by atoms with E-state index in [0.717, 1.165) is 26.3 Å². The van der Waals surface area contributed by atoms with Gasteiger partial charge in [-0.25, -0.2) is 0 Å². The molecule has 2 rings (SSSR count). The molecule has 2 heterocycles. The molecule has 0 atom stereocenters. The molecule has 1 fully saturated rings. The van der Waals surface area contributed by atoms with Gasteiger partial charge in [-0.15, -0.1) is 0 Å². The van der Waals surface area contributed by atoms with E-state index in [4.69, 9.17) is 4.74 Å². The van der Waals surface area contributed by atoms with Crippen molar-refractivity contribution in [3.05, 3.63) is 16.2 Å². The van der Waals surface area contributed by atoms with Crippen LogP contribution in [0.2, 0.25) is 0 Å². The molecule has 0 spiro atoms. The normalized spacial score (nSPS) is 20.0. The van der Waals surface area contributed by atoms with Crippen LogP contribution in [0.15, 0.2) is 12.4 Å². The van der Waals surface area contributed by atoms with E-state index in [0.29, 0.717) is 0 Å². The first-order chi connectivity index (χ1) is 7.53. The Morgan fingerprint density at radius 2 is 1.62 bits per heavy atom. The topological polar surface area (TPSA) is 22.3 Å². The van der Waals surface area contributed by atoms with E-state index in [-0.39, 0.29) is 0 Å². The Bertz CT molecular complexity index is 433. The fourth-order valence-electron chi connectivity index (χ4n) is 1.63. The summed E-state index contributed by atoms with van der Waals surface area (Å²) in [4.78, 5) is 0. The van der Waals surface area contributed by atoms with Crippen LogP contribution in [0.1, 0.15) is 0 Å². The molecule has 4 nitrogen and oxygen atoms in total. The number of hydrogen-bond donors (Lipinski definition) is 0. The van der Waals surface area contributed by atoms with Gasteiger partial charge < -0.3 is 0 Å². The van der Waals surface area contributed by atoms with E-state index in [1.54, 1.807) is 0 Å². The van der Waals surface area contributed by atoms with Crippen LogP contribution in [-0.4, -0.2) is 38.9 Å². The van der Waals surface area contributed by atoms with Crippen LogP contribution in [0.3, 0.4) is 0 Å². The number of morpholine rings is 1. The average Bonchev–Trinajstić information content (AvgIpc) is 2.60. The van der Waals surface area contributed by atoms with Gasteiger partial charge in [0, 0.05) is 0 Å². The molecule has 0 amide bonds. The van der Waals surface area contributed by atoms with Crippen molar-refractivity contribution in [2.75, 3.05) is 26.3 Å². The zero-order chi connectivity index (χ0) is 11.8. The summed E-state index contributed by atoms with van der Waals surface area (Å²) in [6.07, 6.45) is 4.19. The maximum absolute atomic E-state index is 5.40. The molecule has 0 aliphatic carbocycles. The molecule has 1 aliphatic heterocycles. The summed E-state index contributed by atoms with van der Waals surface area (Å²) >= 11 is 5.53. The van der Waals surface area contributed by atoms with E-state index in [2.05, 4.69) is 65.7 Å². The standard InChI is InChI=1S/C5H8N2.C4H8NO.2BrH.Pt/c1-6-3-4-7(2)5-6;1-3-6-4-2-5-1;;;/h3-4H,1-2H3;1-4H2;2*1H;/q;-1;;;+3/p-2. The minimum atomic E-state index is -2.39. The molecule has 16 heavy (non-hydrogen) atoms. The maximum atomic E-state index is 5.40. The van der Waals surface area contributed by atoms with Gasteiger partial charge in [-0.1, -0.05) is 0 Å². The molecule has 1 aromatic rings. The average molecular weight is 537 g/mol. The Morgan fingerprint density at radius 3 is 2.12 bits per heavy atom. The Hall–Kier alpha value is 0.778. The first kappa shape index (κ1) is 13.2. The number of hydrogen-bond acceptors (Lipinski definition) is 2. The third-order valence-corrected chi connectivity index (χ3v) is 16.9. The molecule has 0 radical (unpaired) electrons. The molecule has 0 N–H and O–H groups in total. The first-order valence-electron chi connectivity index (χ1n) is 4.94. The predicted octanol–water partition coefficient (Wildman–Crippen LogP) is 1.92. The second-order valence-electron chi connectivity index (χ2n) is 3.59. The SMILES string of the molecule is Cn1ccn(C)[c]1=[Pt]([Br])([Br])[N]1CCOCC1. The Kier molecular flexibility index (Phi) is 4.28. The second kappa shape index (κ2) is 5.19. The van der Waals surface area contributed by atoms with Gasteiger partial charge in [0.05, 0.1) is 0 Å². The zero-order valence-electron chi connectivity index (χ0n) is 9.31. The zero-order valence-corrected chi connectivity index (χ0v) is 14.7. The molecular weight excluding hydrogens is 521 g/mol. The summed E-state index contributed by atoms with van der Waals surface area (Å²) in [6, 6.07) is 0. The van der Waals surface area contributed by atoms with Gasteiger partial charge in [0.15, 0.2) is 0 Å². The number of halogens is 2. The van der Waals surface area contributed by atoms with Crippen molar-refractivity contribution in [2.24, 2.45) is 14.1 Å². The van der Waals surface area contributed by atoms with Crippen LogP contribution in [0, 0.1) is 3.80 Å². The Morgan fingerprint density at radius 1 is 1.12 bits per heavy atom. The van der Waals surface area contributed by atoms with Crippen LogP contribution >= 0.6 is 26.6 Å². The van der Waals surface area contributed by atoms with Gasteiger partial charge in [-0.05, 0) is 0 Å². The minimum absolute atomic E-state index is 0.830. The van der Waals surface area contributed by atoms with Gasteiger partial charge in [0.2, 0.25) is 0 Å². The van der Waals surface area contributed by atoms with Gasteiger partial charge in [-0.3, -0.25) is 0 Å². The van der Waals surface area contributed by atoms with Crippen molar-refractivity contribution in [1.29, 1.82) is 0 Å². The summed E-state index contributed by atoms with van der Waals surface area (Å²) in [6.45, 7) is 3.66. The summed E-state index contributed by atoms with van der Waals surface area (Å²) in [5.41, 5.74) is 0. The number of aromatic nitrogens is 2. The molecule has 0 bridgehead atoms. The van der Waals surface area contributed by atoms with Gasteiger partial charge in [0.1, 0.15) is 0 Å². The molecule has 0 unspecified atom stereocenters.